The molecule has 0 radical (unpaired) electrons. The second-order valence-corrected chi connectivity index (χ2v) is 6.03. The van der Waals surface area contributed by atoms with Crippen molar-refractivity contribution in [2.24, 2.45) is 0 Å². The first-order chi connectivity index (χ1) is 4.71. The van der Waals surface area contributed by atoms with Crippen molar-refractivity contribution in [3.63, 3.8) is 0 Å². The van der Waals surface area contributed by atoms with Crippen molar-refractivity contribution >= 4 is 20.0 Å². The number of sulfone groups is 1. The van der Waals surface area contributed by atoms with Gasteiger partial charge in [-0.2, -0.15) is 0 Å². The van der Waals surface area contributed by atoms with Crippen LogP contribution in [0.2, 0.25) is 0 Å². The molecule has 0 aliphatic carbocycles. The third-order valence-corrected chi connectivity index (χ3v) is 2.73. The minimum absolute atomic E-state index is 0. The molecule has 0 rings (SSSR count). The first-order valence-electron chi connectivity index (χ1n) is 2.82. The third-order valence-electron chi connectivity index (χ3n) is 0.909. The Morgan fingerprint density at radius 1 is 1.08 bits per heavy atom. The Morgan fingerprint density at radius 2 is 1.50 bits per heavy atom. The molecule has 0 saturated heterocycles. The molecule has 0 atom stereocenters. The van der Waals surface area contributed by atoms with Gasteiger partial charge in [0.05, 0.1) is 15.9 Å². The first kappa shape index (κ1) is 15.9. The van der Waals surface area contributed by atoms with E-state index in [9.17, 15) is 21.4 Å². The summed E-state index contributed by atoms with van der Waals surface area (Å²) < 4.78 is 50.7. The molecule has 0 aromatic rings. The minimum atomic E-state index is -4.26. The van der Waals surface area contributed by atoms with Crippen LogP contribution in [0.1, 0.15) is 6.42 Å². The summed E-state index contributed by atoms with van der Waals surface area (Å²) in [6, 6.07) is 0. The van der Waals surface area contributed by atoms with Crippen molar-refractivity contribution in [3.05, 3.63) is 0 Å². The average molecular weight is 240 g/mol. The fourth-order valence-electron chi connectivity index (χ4n) is 0.498. The van der Waals surface area contributed by atoms with Crippen LogP contribution in [0.3, 0.4) is 0 Å². The van der Waals surface area contributed by atoms with Gasteiger partial charge in [0.15, 0.2) is 0 Å². The Hall–Kier alpha value is 1.50. The standard InChI is InChI=1S/C4H10O5S2.K/c1-10(5,6)3-2-4-11(7,8)9;/h2-4H2,1H3,(H,7,8,9);/q;+1/p-1. The SMILES string of the molecule is CS(=O)(=O)CCCS(=O)(=O)[O-].[K+]. The van der Waals surface area contributed by atoms with Crippen molar-refractivity contribution in [1.82, 2.24) is 0 Å². The smallest absolute Gasteiger partial charge is 0.748 e. The van der Waals surface area contributed by atoms with Crippen LogP contribution in [-0.4, -0.2) is 39.1 Å². The van der Waals surface area contributed by atoms with E-state index in [2.05, 4.69) is 0 Å². The molecule has 68 valence electrons. The van der Waals surface area contributed by atoms with Gasteiger partial charge in [0, 0.05) is 12.0 Å². The molecule has 0 spiro atoms. The van der Waals surface area contributed by atoms with Crippen molar-refractivity contribution in [3.8, 4) is 0 Å². The summed E-state index contributed by atoms with van der Waals surface area (Å²) in [7, 11) is -7.41. The molecular weight excluding hydrogens is 231 g/mol. The Bertz CT molecular complexity index is 270. The van der Waals surface area contributed by atoms with Crippen LogP contribution in [-0.2, 0) is 20.0 Å². The van der Waals surface area contributed by atoms with Crippen molar-refractivity contribution in [2.75, 3.05) is 17.8 Å². The first-order valence-corrected chi connectivity index (χ1v) is 6.46. The fourth-order valence-corrected chi connectivity index (χ4v) is 1.85. The van der Waals surface area contributed by atoms with Crippen LogP contribution in [0, 0.1) is 0 Å². The van der Waals surface area contributed by atoms with Crippen LogP contribution in [0.15, 0.2) is 0 Å². The molecule has 0 unspecified atom stereocenters. The van der Waals surface area contributed by atoms with Crippen LogP contribution >= 0.6 is 0 Å². The summed E-state index contributed by atoms with van der Waals surface area (Å²) in [5.41, 5.74) is 0. The van der Waals surface area contributed by atoms with E-state index in [1.54, 1.807) is 0 Å². The Morgan fingerprint density at radius 3 is 1.75 bits per heavy atom. The van der Waals surface area contributed by atoms with Crippen LogP contribution in [0.4, 0.5) is 0 Å². The summed E-state index contributed by atoms with van der Waals surface area (Å²) in [6.45, 7) is 0. The predicted molar refractivity (Wildman–Crippen MR) is 38.9 cm³/mol. The van der Waals surface area contributed by atoms with Gasteiger partial charge in [-0.05, 0) is 6.42 Å². The van der Waals surface area contributed by atoms with E-state index in [1.165, 1.54) is 0 Å². The maximum atomic E-state index is 10.4. The summed E-state index contributed by atoms with van der Waals surface area (Å²) >= 11 is 0. The fraction of sp³-hybridized carbons (Fsp3) is 1.00. The van der Waals surface area contributed by atoms with Gasteiger partial charge in [-0.25, -0.2) is 16.8 Å². The number of hydrogen-bond donors (Lipinski definition) is 0. The molecule has 0 aromatic heterocycles. The Balaban J connectivity index is 0. The molecule has 0 saturated carbocycles. The Kier molecular flexibility index (Phi) is 8.07. The Labute approximate surface area is 115 Å². The number of rotatable bonds is 4. The molecular formula is C4H9KO5S2. The zero-order valence-corrected chi connectivity index (χ0v) is 11.7. The molecule has 0 N–H and O–H groups in total. The van der Waals surface area contributed by atoms with Gasteiger partial charge in [-0.15, -0.1) is 0 Å². The summed E-state index contributed by atoms with van der Waals surface area (Å²) in [5.74, 6) is -0.867. The average Bonchev–Trinajstić information content (AvgIpc) is 1.55. The molecule has 0 aliphatic rings. The van der Waals surface area contributed by atoms with Crippen LogP contribution in [0.5, 0.6) is 0 Å². The van der Waals surface area contributed by atoms with Crippen molar-refractivity contribution < 1.29 is 72.8 Å². The predicted octanol–water partition coefficient (Wildman–Crippen LogP) is -4.03. The molecule has 8 heteroatoms. The van der Waals surface area contributed by atoms with Gasteiger partial charge in [0.25, 0.3) is 0 Å². The largest absolute Gasteiger partial charge is 1.00 e. The normalized spacial score (nSPS) is 12.2. The van der Waals surface area contributed by atoms with E-state index in [1.807, 2.05) is 0 Å². The molecule has 0 amide bonds. The zero-order valence-electron chi connectivity index (χ0n) is 6.98. The maximum absolute atomic E-state index is 10.4. The van der Waals surface area contributed by atoms with Gasteiger partial charge < -0.3 is 4.55 Å². The van der Waals surface area contributed by atoms with Crippen LogP contribution < -0.4 is 51.4 Å². The van der Waals surface area contributed by atoms with Gasteiger partial charge in [-0.1, -0.05) is 0 Å². The van der Waals surface area contributed by atoms with Gasteiger partial charge in [0.2, 0.25) is 0 Å². The third kappa shape index (κ3) is 14.0. The number of hydrogen-bond acceptors (Lipinski definition) is 5. The van der Waals surface area contributed by atoms with Crippen molar-refractivity contribution in [2.45, 2.75) is 6.42 Å². The molecule has 12 heavy (non-hydrogen) atoms. The topological polar surface area (TPSA) is 91.3 Å². The summed E-state index contributed by atoms with van der Waals surface area (Å²) in [5, 5.41) is 0. The second kappa shape index (κ2) is 6.07. The quantitative estimate of drug-likeness (QED) is 0.369. The monoisotopic (exact) mass is 240 g/mol. The van der Waals surface area contributed by atoms with Crippen molar-refractivity contribution in [1.29, 1.82) is 0 Å². The van der Waals surface area contributed by atoms with E-state index in [0.29, 0.717) is 0 Å². The second-order valence-electron chi connectivity index (χ2n) is 2.25. The maximum Gasteiger partial charge on any atom is 1.00 e. The molecule has 0 aromatic carbocycles. The van der Waals surface area contributed by atoms with Gasteiger partial charge >= 0.3 is 51.4 Å². The summed E-state index contributed by atoms with van der Waals surface area (Å²) in [4.78, 5) is 0. The van der Waals surface area contributed by atoms with Crippen LogP contribution in [0.25, 0.3) is 0 Å². The van der Waals surface area contributed by atoms with E-state index in [0.717, 1.165) is 6.26 Å². The molecule has 0 heterocycles. The van der Waals surface area contributed by atoms with Gasteiger partial charge in [-0.3, -0.25) is 0 Å². The summed E-state index contributed by atoms with van der Waals surface area (Å²) in [6.07, 6.45) is 0.870. The van der Waals surface area contributed by atoms with Gasteiger partial charge in [0.1, 0.15) is 9.84 Å². The molecule has 5 nitrogen and oxygen atoms in total. The van der Waals surface area contributed by atoms with E-state index >= 15 is 0 Å². The van der Waals surface area contributed by atoms with E-state index < -0.39 is 25.7 Å². The molecule has 0 bridgehead atoms. The van der Waals surface area contributed by atoms with E-state index in [-0.39, 0.29) is 63.6 Å². The zero-order chi connectivity index (χ0) is 9.12. The minimum Gasteiger partial charge on any atom is -0.748 e. The molecule has 0 fully saturated rings. The van der Waals surface area contributed by atoms with E-state index in [4.69, 9.17) is 0 Å². The molecule has 0 aliphatic heterocycles.